The molecule has 16 heavy (non-hydrogen) atoms. The van der Waals surface area contributed by atoms with E-state index in [9.17, 15) is 4.89 Å². The Kier molecular flexibility index (Phi) is 4.98. The largest absolute Gasteiger partial charge is 0.331 e. The highest BCUT2D eigenvalue weighted by atomic mass is 31.2. The fourth-order valence-corrected chi connectivity index (χ4v) is 2.86. The van der Waals surface area contributed by atoms with Crippen LogP contribution < -0.4 is 0 Å². The first-order valence-corrected chi connectivity index (χ1v) is 7.13. The van der Waals surface area contributed by atoms with E-state index in [1.54, 1.807) is 0 Å². The molecule has 0 heterocycles. The second-order valence-electron chi connectivity index (χ2n) is 4.24. The molecule has 0 aliphatic heterocycles. The fourth-order valence-electron chi connectivity index (χ4n) is 1.99. The molecule has 2 rings (SSSR count). The summed E-state index contributed by atoms with van der Waals surface area (Å²) in [6.07, 6.45) is 14.8. The third-order valence-electron chi connectivity index (χ3n) is 2.87. The van der Waals surface area contributed by atoms with Crippen LogP contribution in [0.15, 0.2) is 24.3 Å². The minimum absolute atomic E-state index is 0.0393. The quantitative estimate of drug-likeness (QED) is 0.606. The summed E-state index contributed by atoms with van der Waals surface area (Å²) >= 11 is 0. The summed E-state index contributed by atoms with van der Waals surface area (Å²) in [4.78, 5) is 9.71. The molecule has 2 atom stereocenters. The summed E-state index contributed by atoms with van der Waals surface area (Å²) in [5, 5.41) is 0. The van der Waals surface area contributed by atoms with Crippen LogP contribution >= 0.6 is 8.60 Å². The Morgan fingerprint density at radius 3 is 1.81 bits per heavy atom. The van der Waals surface area contributed by atoms with Crippen molar-refractivity contribution in [1.29, 1.82) is 0 Å². The fraction of sp³-hybridized carbons (Fsp3) is 0.667. The molecule has 1 N–H and O–H groups in total. The van der Waals surface area contributed by atoms with Gasteiger partial charge < -0.3 is 13.9 Å². The van der Waals surface area contributed by atoms with Crippen LogP contribution in [0.2, 0.25) is 0 Å². The van der Waals surface area contributed by atoms with Crippen LogP contribution in [0, 0.1) is 0 Å². The molecule has 0 aromatic rings. The van der Waals surface area contributed by atoms with Crippen molar-refractivity contribution in [2.24, 2.45) is 0 Å². The standard InChI is InChI=1S/C12H19O3P/c13-16(14-11-7-3-1-4-8-11)15-12-9-5-2-6-10-12/h3,5,7,9,11-13H,1-2,4,6,8,10H2. The van der Waals surface area contributed by atoms with E-state index in [4.69, 9.17) is 9.05 Å². The summed E-state index contributed by atoms with van der Waals surface area (Å²) in [6, 6.07) is 0. The van der Waals surface area contributed by atoms with Gasteiger partial charge in [0.15, 0.2) is 0 Å². The molecule has 0 fully saturated rings. The molecule has 3 nitrogen and oxygen atoms in total. The van der Waals surface area contributed by atoms with Gasteiger partial charge in [-0.3, -0.25) is 0 Å². The summed E-state index contributed by atoms with van der Waals surface area (Å²) < 4.78 is 10.9. The van der Waals surface area contributed by atoms with Crippen molar-refractivity contribution in [1.82, 2.24) is 0 Å². The number of allylic oxidation sites excluding steroid dienone is 2. The molecule has 90 valence electrons. The van der Waals surface area contributed by atoms with Crippen molar-refractivity contribution < 1.29 is 13.9 Å². The van der Waals surface area contributed by atoms with Gasteiger partial charge in [-0.15, -0.1) is 0 Å². The molecule has 0 aromatic heterocycles. The van der Waals surface area contributed by atoms with E-state index >= 15 is 0 Å². The van der Waals surface area contributed by atoms with E-state index in [1.165, 1.54) is 0 Å². The molecular formula is C12H19O3P. The number of hydrogen-bond acceptors (Lipinski definition) is 3. The highest BCUT2D eigenvalue weighted by Gasteiger charge is 2.20. The van der Waals surface area contributed by atoms with Crippen LogP contribution in [0.25, 0.3) is 0 Å². The third kappa shape index (κ3) is 3.99. The Hall–Kier alpha value is -0.210. The molecule has 0 aromatic carbocycles. The average Bonchev–Trinajstić information content (AvgIpc) is 2.31. The van der Waals surface area contributed by atoms with Gasteiger partial charge in [0.2, 0.25) is 0 Å². The van der Waals surface area contributed by atoms with Crippen LogP contribution in [-0.2, 0) is 9.05 Å². The maximum absolute atomic E-state index is 9.71. The molecule has 2 aliphatic carbocycles. The maximum Gasteiger partial charge on any atom is 0.331 e. The SMILES string of the molecule is OP(OC1C=CCCC1)OC1C=CCCC1. The summed E-state index contributed by atoms with van der Waals surface area (Å²) in [5.41, 5.74) is 0. The Balaban J connectivity index is 1.72. The zero-order valence-corrected chi connectivity index (χ0v) is 10.3. The zero-order chi connectivity index (χ0) is 11.2. The van der Waals surface area contributed by atoms with Crippen LogP contribution in [-0.4, -0.2) is 17.1 Å². The van der Waals surface area contributed by atoms with E-state index in [0.717, 1.165) is 38.5 Å². The number of rotatable bonds is 4. The molecule has 2 aliphatic rings. The van der Waals surface area contributed by atoms with E-state index in [2.05, 4.69) is 12.2 Å². The van der Waals surface area contributed by atoms with Crippen LogP contribution in [0.3, 0.4) is 0 Å². The molecule has 0 saturated heterocycles. The lowest BCUT2D eigenvalue weighted by Crippen LogP contribution is -2.14. The average molecular weight is 242 g/mol. The first-order valence-electron chi connectivity index (χ1n) is 6.00. The first-order chi connectivity index (χ1) is 7.84. The second kappa shape index (κ2) is 6.51. The van der Waals surface area contributed by atoms with Gasteiger partial charge in [0.05, 0.1) is 12.2 Å². The van der Waals surface area contributed by atoms with Crippen molar-refractivity contribution in [2.75, 3.05) is 0 Å². The topological polar surface area (TPSA) is 38.7 Å². The second-order valence-corrected chi connectivity index (χ2v) is 5.14. The van der Waals surface area contributed by atoms with Gasteiger partial charge in [-0.1, -0.05) is 24.3 Å². The Morgan fingerprint density at radius 2 is 1.44 bits per heavy atom. The van der Waals surface area contributed by atoms with Crippen LogP contribution in [0.1, 0.15) is 38.5 Å². The van der Waals surface area contributed by atoms with Crippen molar-refractivity contribution in [3.05, 3.63) is 24.3 Å². The zero-order valence-electron chi connectivity index (χ0n) is 9.42. The van der Waals surface area contributed by atoms with Gasteiger partial charge in [-0.05, 0) is 38.5 Å². The maximum atomic E-state index is 9.71. The highest BCUT2D eigenvalue weighted by molar-refractivity contribution is 7.40. The monoisotopic (exact) mass is 242 g/mol. The van der Waals surface area contributed by atoms with E-state index in [0.29, 0.717) is 0 Å². The van der Waals surface area contributed by atoms with Gasteiger partial charge in [-0.25, -0.2) is 0 Å². The predicted molar refractivity (Wildman–Crippen MR) is 64.9 cm³/mol. The van der Waals surface area contributed by atoms with E-state index in [-0.39, 0.29) is 12.2 Å². The summed E-state index contributed by atoms with van der Waals surface area (Å²) in [6.45, 7) is 0. The van der Waals surface area contributed by atoms with Crippen molar-refractivity contribution in [3.63, 3.8) is 0 Å². The van der Waals surface area contributed by atoms with Gasteiger partial charge in [0.1, 0.15) is 0 Å². The Bertz CT molecular complexity index is 239. The molecule has 4 heteroatoms. The number of hydrogen-bond donors (Lipinski definition) is 1. The van der Waals surface area contributed by atoms with Crippen LogP contribution in [0.5, 0.6) is 0 Å². The highest BCUT2D eigenvalue weighted by Crippen LogP contribution is 2.39. The van der Waals surface area contributed by atoms with E-state index < -0.39 is 8.60 Å². The minimum Gasteiger partial charge on any atom is -0.328 e. The molecule has 0 bridgehead atoms. The van der Waals surface area contributed by atoms with Gasteiger partial charge >= 0.3 is 8.60 Å². The Morgan fingerprint density at radius 1 is 0.938 bits per heavy atom. The van der Waals surface area contributed by atoms with Crippen molar-refractivity contribution in [3.8, 4) is 0 Å². The lowest BCUT2D eigenvalue weighted by molar-refractivity contribution is 0.133. The normalized spacial score (nSPS) is 31.6. The molecule has 0 spiro atoms. The first kappa shape index (κ1) is 12.3. The lowest BCUT2D eigenvalue weighted by Gasteiger charge is -2.23. The molecule has 2 unspecified atom stereocenters. The third-order valence-corrected chi connectivity index (χ3v) is 3.77. The van der Waals surface area contributed by atoms with Gasteiger partial charge in [0, 0.05) is 0 Å². The summed E-state index contributed by atoms with van der Waals surface area (Å²) in [7, 11) is -1.73. The lowest BCUT2D eigenvalue weighted by atomic mass is 10.1. The predicted octanol–water partition coefficient (Wildman–Crippen LogP) is 3.46. The van der Waals surface area contributed by atoms with Crippen LogP contribution in [0.4, 0.5) is 0 Å². The van der Waals surface area contributed by atoms with E-state index in [1.807, 2.05) is 12.2 Å². The van der Waals surface area contributed by atoms with Gasteiger partial charge in [-0.2, -0.15) is 0 Å². The Labute approximate surface area is 98.1 Å². The van der Waals surface area contributed by atoms with Crippen molar-refractivity contribution in [2.45, 2.75) is 50.7 Å². The molecule has 0 saturated carbocycles. The molecule has 0 radical (unpaired) electrons. The van der Waals surface area contributed by atoms with Crippen molar-refractivity contribution >= 4 is 8.60 Å². The molecular weight excluding hydrogens is 223 g/mol. The smallest absolute Gasteiger partial charge is 0.328 e. The summed E-state index contributed by atoms with van der Waals surface area (Å²) in [5.74, 6) is 0. The van der Waals surface area contributed by atoms with Gasteiger partial charge in [0.25, 0.3) is 0 Å². The molecule has 0 amide bonds. The minimum atomic E-state index is -1.73.